The predicted octanol–water partition coefficient (Wildman–Crippen LogP) is 5.44. The average molecular weight is 428 g/mol. The first-order valence-corrected chi connectivity index (χ1v) is 11.3. The molecule has 4 rings (SSSR count). The number of thiophene rings is 1. The van der Waals surface area contributed by atoms with Crippen LogP contribution in [0.25, 0.3) is 10.2 Å². The maximum absolute atomic E-state index is 12.1. The summed E-state index contributed by atoms with van der Waals surface area (Å²) < 4.78 is 1.13. The summed E-state index contributed by atoms with van der Waals surface area (Å²) in [6.07, 6.45) is 4.29. The van der Waals surface area contributed by atoms with Crippen LogP contribution < -0.4 is 10.6 Å². The molecule has 0 radical (unpaired) electrons. The van der Waals surface area contributed by atoms with Crippen LogP contribution in [0.15, 0.2) is 53.3 Å². The molecule has 28 heavy (non-hydrogen) atoms. The van der Waals surface area contributed by atoms with Gasteiger partial charge in [0.2, 0.25) is 0 Å². The Morgan fingerprint density at radius 3 is 3.00 bits per heavy atom. The zero-order valence-corrected chi connectivity index (χ0v) is 17.5. The average Bonchev–Trinajstić information content (AvgIpc) is 3.31. The van der Waals surface area contributed by atoms with Crippen molar-refractivity contribution >= 4 is 61.5 Å². The Hall–Kier alpha value is -2.49. The molecule has 3 heterocycles. The molecule has 0 aliphatic rings. The van der Waals surface area contributed by atoms with Crippen molar-refractivity contribution in [2.45, 2.75) is 18.4 Å². The Balaban J connectivity index is 1.29. The molecule has 142 valence electrons. The molecule has 0 bridgehead atoms. The van der Waals surface area contributed by atoms with Gasteiger partial charge < -0.3 is 5.32 Å². The zero-order valence-electron chi connectivity index (χ0n) is 15.0. The van der Waals surface area contributed by atoms with E-state index in [-0.39, 0.29) is 6.03 Å². The number of fused-ring (bicyclic) bond motifs is 1. The van der Waals surface area contributed by atoms with E-state index < -0.39 is 0 Å². The van der Waals surface area contributed by atoms with Gasteiger partial charge in [-0.2, -0.15) is 0 Å². The lowest BCUT2D eigenvalue weighted by Gasteiger charge is -2.05. The van der Waals surface area contributed by atoms with Crippen molar-refractivity contribution in [2.75, 3.05) is 16.4 Å². The Morgan fingerprint density at radius 2 is 2.11 bits per heavy atom. The zero-order chi connectivity index (χ0) is 19.3. The predicted molar refractivity (Wildman–Crippen MR) is 118 cm³/mol. The fraction of sp³-hybridized carbons (Fsp3) is 0.158. The van der Waals surface area contributed by atoms with E-state index in [1.807, 2.05) is 48.8 Å². The van der Waals surface area contributed by atoms with Gasteiger partial charge in [0, 0.05) is 22.5 Å². The number of amides is 2. The number of aromatic nitrogens is 3. The second kappa shape index (κ2) is 8.68. The van der Waals surface area contributed by atoms with E-state index in [9.17, 15) is 4.79 Å². The van der Waals surface area contributed by atoms with Crippen LogP contribution in [0.4, 0.5) is 15.6 Å². The van der Waals surface area contributed by atoms with Crippen molar-refractivity contribution in [3.05, 3.63) is 58.7 Å². The van der Waals surface area contributed by atoms with E-state index in [2.05, 4.69) is 25.6 Å². The number of anilines is 2. The van der Waals surface area contributed by atoms with Crippen LogP contribution in [0, 0.1) is 6.92 Å². The first-order valence-electron chi connectivity index (χ1n) is 8.58. The van der Waals surface area contributed by atoms with Gasteiger partial charge in [-0.3, -0.25) is 5.32 Å². The molecule has 2 amide bonds. The van der Waals surface area contributed by atoms with Gasteiger partial charge >= 0.3 is 6.03 Å². The van der Waals surface area contributed by atoms with Gasteiger partial charge in [0.15, 0.2) is 5.13 Å². The number of carbonyl (C=O) groups excluding carboxylic acids is 1. The van der Waals surface area contributed by atoms with Crippen LogP contribution in [0.2, 0.25) is 0 Å². The number of urea groups is 1. The summed E-state index contributed by atoms with van der Waals surface area (Å²) in [6.45, 7) is 1.99. The quantitative estimate of drug-likeness (QED) is 0.317. The number of hydrogen-bond donors (Lipinski definition) is 2. The topological polar surface area (TPSA) is 79.8 Å². The number of carbonyl (C=O) groups is 1. The van der Waals surface area contributed by atoms with Gasteiger partial charge in [-0.15, -0.1) is 34.4 Å². The van der Waals surface area contributed by atoms with Crippen molar-refractivity contribution in [3.63, 3.8) is 0 Å². The van der Waals surface area contributed by atoms with Crippen LogP contribution in [0.1, 0.15) is 10.4 Å². The van der Waals surface area contributed by atoms with Gasteiger partial charge in [-0.25, -0.2) is 19.7 Å². The van der Waals surface area contributed by atoms with Crippen molar-refractivity contribution in [1.82, 2.24) is 15.0 Å². The number of thioether (sulfide) groups is 1. The number of aryl methyl sites for hydroxylation is 2. The monoisotopic (exact) mass is 427 g/mol. The van der Waals surface area contributed by atoms with E-state index >= 15 is 0 Å². The highest BCUT2D eigenvalue weighted by Crippen LogP contribution is 2.29. The number of hydrogen-bond acceptors (Lipinski definition) is 7. The second-order valence-corrected chi connectivity index (χ2v) is 9.11. The van der Waals surface area contributed by atoms with Gasteiger partial charge in [0.25, 0.3) is 0 Å². The van der Waals surface area contributed by atoms with Gasteiger partial charge in [-0.1, -0.05) is 12.1 Å². The van der Waals surface area contributed by atoms with Gasteiger partial charge in [-0.05, 0) is 42.5 Å². The molecule has 0 aliphatic carbocycles. The highest BCUT2D eigenvalue weighted by Gasteiger charge is 2.09. The van der Waals surface area contributed by atoms with E-state index in [4.69, 9.17) is 0 Å². The molecule has 3 aromatic heterocycles. The summed E-state index contributed by atoms with van der Waals surface area (Å²) in [5.41, 5.74) is 2.84. The first-order chi connectivity index (χ1) is 13.7. The molecule has 1 aromatic carbocycles. The molecule has 0 fully saturated rings. The minimum Gasteiger partial charge on any atom is -0.308 e. The van der Waals surface area contributed by atoms with E-state index in [0.29, 0.717) is 5.13 Å². The standard InChI is InChI=1S/C19H17N5OS3/c1-12-3-2-4-13(9-12)23-18(25)24-19-20-10-14(28-19)5-7-27-17-16-15(6-8-26-16)21-11-22-17/h2-4,6,8-11H,5,7H2,1H3,(H2,20,23,24,25). The summed E-state index contributed by atoms with van der Waals surface area (Å²) in [4.78, 5) is 26.2. The number of thiazole rings is 1. The Labute approximate surface area is 174 Å². The van der Waals surface area contributed by atoms with Crippen LogP contribution in [0.5, 0.6) is 0 Å². The SMILES string of the molecule is Cc1cccc(NC(=O)Nc2ncc(CCSc3ncnc4ccsc34)s2)c1. The summed E-state index contributed by atoms with van der Waals surface area (Å²) in [5, 5.41) is 9.25. The lowest BCUT2D eigenvalue weighted by molar-refractivity contribution is 0.262. The van der Waals surface area contributed by atoms with Crippen LogP contribution in [-0.2, 0) is 6.42 Å². The van der Waals surface area contributed by atoms with E-state index in [1.165, 1.54) is 11.3 Å². The molecule has 2 N–H and O–H groups in total. The molecule has 0 unspecified atom stereocenters. The number of nitrogens with one attached hydrogen (secondary N) is 2. The third-order valence-electron chi connectivity index (χ3n) is 3.85. The minimum atomic E-state index is -0.290. The summed E-state index contributed by atoms with van der Waals surface area (Å²) in [7, 11) is 0. The van der Waals surface area contributed by atoms with Crippen LogP contribution in [-0.4, -0.2) is 26.7 Å². The van der Waals surface area contributed by atoms with Crippen molar-refractivity contribution < 1.29 is 4.79 Å². The fourth-order valence-corrected chi connectivity index (χ4v) is 5.44. The van der Waals surface area contributed by atoms with Gasteiger partial charge in [0.05, 0.1) is 10.2 Å². The number of benzene rings is 1. The summed E-state index contributed by atoms with van der Waals surface area (Å²) in [6, 6.07) is 9.39. The Kier molecular flexibility index (Phi) is 5.84. The molecule has 6 nitrogen and oxygen atoms in total. The smallest absolute Gasteiger partial charge is 0.308 e. The Bertz CT molecular complexity index is 1110. The molecule has 0 saturated heterocycles. The highest BCUT2D eigenvalue weighted by atomic mass is 32.2. The molecular weight excluding hydrogens is 410 g/mol. The van der Waals surface area contributed by atoms with E-state index in [1.54, 1.807) is 29.4 Å². The molecule has 0 atom stereocenters. The van der Waals surface area contributed by atoms with Crippen LogP contribution >= 0.6 is 34.4 Å². The van der Waals surface area contributed by atoms with Crippen molar-refractivity contribution in [2.24, 2.45) is 0 Å². The highest BCUT2D eigenvalue weighted by molar-refractivity contribution is 7.99. The molecule has 0 aliphatic heterocycles. The molecule has 9 heteroatoms. The first kappa shape index (κ1) is 18.9. The number of nitrogens with zero attached hydrogens (tertiary/aromatic N) is 3. The normalized spacial score (nSPS) is 10.9. The lowest BCUT2D eigenvalue weighted by atomic mass is 10.2. The summed E-state index contributed by atoms with van der Waals surface area (Å²) in [5.74, 6) is 0.890. The minimum absolute atomic E-state index is 0.290. The molecule has 4 aromatic rings. The Morgan fingerprint density at radius 1 is 1.18 bits per heavy atom. The second-order valence-electron chi connectivity index (χ2n) is 5.99. The van der Waals surface area contributed by atoms with Crippen LogP contribution in [0.3, 0.4) is 0 Å². The maximum Gasteiger partial charge on any atom is 0.325 e. The molecule has 0 saturated carbocycles. The maximum atomic E-state index is 12.1. The van der Waals surface area contributed by atoms with E-state index in [0.717, 1.165) is 43.5 Å². The summed E-state index contributed by atoms with van der Waals surface area (Å²) >= 11 is 4.87. The fourth-order valence-electron chi connectivity index (χ4n) is 2.58. The lowest BCUT2D eigenvalue weighted by Crippen LogP contribution is -2.19. The number of rotatable bonds is 6. The van der Waals surface area contributed by atoms with Crippen molar-refractivity contribution in [3.8, 4) is 0 Å². The largest absolute Gasteiger partial charge is 0.325 e. The third-order valence-corrected chi connectivity index (χ3v) is 6.85. The van der Waals surface area contributed by atoms with Gasteiger partial charge in [0.1, 0.15) is 11.4 Å². The van der Waals surface area contributed by atoms with Crippen molar-refractivity contribution in [1.29, 1.82) is 0 Å². The molecular formula is C19H17N5OS3. The third kappa shape index (κ3) is 4.67. The molecule has 0 spiro atoms.